The summed E-state index contributed by atoms with van der Waals surface area (Å²) in [6.45, 7) is 14.0. The molecule has 0 spiro atoms. The minimum Gasteiger partial charge on any atom is -0.328 e. The van der Waals surface area contributed by atoms with Crippen molar-refractivity contribution in [2.24, 2.45) is 5.92 Å². The van der Waals surface area contributed by atoms with E-state index in [9.17, 15) is 9.18 Å². The highest BCUT2D eigenvalue weighted by molar-refractivity contribution is 5.92. The summed E-state index contributed by atoms with van der Waals surface area (Å²) >= 11 is 0. The summed E-state index contributed by atoms with van der Waals surface area (Å²) in [7, 11) is 0. The van der Waals surface area contributed by atoms with Crippen molar-refractivity contribution < 1.29 is 10.6 Å². The second-order valence-corrected chi connectivity index (χ2v) is 7.46. The molecule has 0 saturated heterocycles. The number of hydrogen-bond donors (Lipinski definition) is 1. The Morgan fingerprint density at radius 3 is 2.43 bits per heavy atom. The summed E-state index contributed by atoms with van der Waals surface area (Å²) in [6.07, 6.45) is 4.94. The number of aromatic nitrogens is 3. The number of carbonyl (C=O) groups excluding carboxylic acids is 1. The molecule has 2 aromatic heterocycles. The lowest BCUT2D eigenvalue weighted by Gasteiger charge is -2.14. The van der Waals surface area contributed by atoms with Gasteiger partial charge in [-0.1, -0.05) is 27.7 Å². The van der Waals surface area contributed by atoms with Crippen LogP contribution in [0.4, 0.5) is 10.2 Å². The first-order valence-corrected chi connectivity index (χ1v) is 10.8. The summed E-state index contributed by atoms with van der Waals surface area (Å²) in [5.41, 5.74) is 3.61. The quantitative estimate of drug-likeness (QED) is 0.484. The Hall–Kier alpha value is -2.76. The average molecular weight is 415 g/mol. The van der Waals surface area contributed by atoms with Gasteiger partial charge in [-0.2, -0.15) is 0 Å². The number of halogens is 1. The first kappa shape index (κ1) is 23.5. The predicted molar refractivity (Wildman–Crippen MR) is 124 cm³/mol. The van der Waals surface area contributed by atoms with Gasteiger partial charge >= 0.3 is 0 Å². The smallest absolute Gasteiger partial charge is 0.228 e. The van der Waals surface area contributed by atoms with E-state index < -0.39 is 0 Å². The number of anilines is 1. The first-order valence-electron chi connectivity index (χ1n) is 10.8. The standard InChI is InChI=1S/C22H27FN4O.C2H6.H2/c1-6-15(7-2)22(28)26-20-10-17(14(5)11-24-20)16-8-18(23)21-19(9-16)27(12-25-21)13(3)4;1-2;/h8-13,15H,6-7H2,1-5H3,(H,24,26,28);1-2H3;1H. The third-order valence-corrected chi connectivity index (χ3v) is 5.21. The zero-order valence-corrected chi connectivity index (χ0v) is 19.1. The summed E-state index contributed by atoms with van der Waals surface area (Å²) in [4.78, 5) is 20.9. The molecule has 0 bridgehead atoms. The summed E-state index contributed by atoms with van der Waals surface area (Å²) in [6, 6.07) is 5.43. The second kappa shape index (κ2) is 10.3. The fourth-order valence-electron chi connectivity index (χ4n) is 3.45. The molecule has 3 aromatic rings. The van der Waals surface area contributed by atoms with E-state index in [0.29, 0.717) is 11.3 Å². The van der Waals surface area contributed by atoms with Crippen molar-refractivity contribution in [3.8, 4) is 11.1 Å². The van der Waals surface area contributed by atoms with E-state index in [0.717, 1.165) is 35.0 Å². The zero-order chi connectivity index (χ0) is 22.4. The Balaban J connectivity index is 0.00000156. The van der Waals surface area contributed by atoms with Gasteiger partial charge in [0.15, 0.2) is 5.82 Å². The van der Waals surface area contributed by atoms with Gasteiger partial charge in [-0.05, 0) is 68.5 Å². The second-order valence-electron chi connectivity index (χ2n) is 7.46. The van der Waals surface area contributed by atoms with E-state index >= 15 is 0 Å². The van der Waals surface area contributed by atoms with Crippen LogP contribution in [0.3, 0.4) is 0 Å². The van der Waals surface area contributed by atoms with Crippen molar-refractivity contribution in [3.05, 3.63) is 42.1 Å². The predicted octanol–water partition coefficient (Wildman–Crippen LogP) is 6.77. The first-order chi connectivity index (χ1) is 14.3. The lowest BCUT2D eigenvalue weighted by Crippen LogP contribution is -2.22. The van der Waals surface area contributed by atoms with Gasteiger partial charge < -0.3 is 9.88 Å². The van der Waals surface area contributed by atoms with Crippen LogP contribution in [-0.4, -0.2) is 20.4 Å². The van der Waals surface area contributed by atoms with Crippen molar-refractivity contribution in [1.29, 1.82) is 0 Å². The van der Waals surface area contributed by atoms with Crippen LogP contribution in [0.25, 0.3) is 22.2 Å². The minimum atomic E-state index is -0.356. The maximum Gasteiger partial charge on any atom is 0.228 e. The number of nitrogens with zero attached hydrogens (tertiary/aromatic N) is 3. The molecule has 0 aliphatic carbocycles. The van der Waals surface area contributed by atoms with Crippen LogP contribution in [0.2, 0.25) is 0 Å². The third kappa shape index (κ3) is 4.86. The van der Waals surface area contributed by atoms with Gasteiger partial charge in [-0.15, -0.1) is 0 Å². The highest BCUT2D eigenvalue weighted by Gasteiger charge is 2.17. The molecular formula is C24H35FN4O. The number of aryl methyl sites for hydroxylation is 1. The van der Waals surface area contributed by atoms with Gasteiger partial charge in [0.05, 0.1) is 11.8 Å². The van der Waals surface area contributed by atoms with Crippen LogP contribution in [-0.2, 0) is 4.79 Å². The fraction of sp³-hybridized carbons (Fsp3) is 0.458. The number of imidazole rings is 1. The molecule has 0 atom stereocenters. The monoisotopic (exact) mass is 414 g/mol. The van der Waals surface area contributed by atoms with E-state index in [1.54, 1.807) is 12.5 Å². The van der Waals surface area contributed by atoms with Gasteiger partial charge in [-0.3, -0.25) is 4.79 Å². The van der Waals surface area contributed by atoms with Crippen molar-refractivity contribution in [2.45, 2.75) is 67.3 Å². The molecule has 0 fully saturated rings. The van der Waals surface area contributed by atoms with E-state index in [1.165, 1.54) is 6.07 Å². The Labute approximate surface area is 180 Å². The molecule has 30 heavy (non-hydrogen) atoms. The van der Waals surface area contributed by atoms with Crippen LogP contribution >= 0.6 is 0 Å². The van der Waals surface area contributed by atoms with Crippen LogP contribution in [0.15, 0.2) is 30.7 Å². The molecule has 0 aliphatic rings. The fourth-order valence-corrected chi connectivity index (χ4v) is 3.45. The number of fused-ring (bicyclic) bond motifs is 1. The lowest BCUT2D eigenvalue weighted by molar-refractivity contribution is -0.120. The van der Waals surface area contributed by atoms with Crippen molar-refractivity contribution >= 4 is 22.8 Å². The summed E-state index contributed by atoms with van der Waals surface area (Å²) in [5, 5.41) is 2.90. The van der Waals surface area contributed by atoms with Gasteiger partial charge in [0.2, 0.25) is 5.91 Å². The summed E-state index contributed by atoms with van der Waals surface area (Å²) in [5.74, 6) is 0.0497. The molecule has 1 N–H and O–H groups in total. The molecule has 3 rings (SSSR count). The SMILES string of the molecule is CC.CCC(CC)C(=O)Nc1cc(-c2cc(F)c3ncn(C(C)C)c3c2)c(C)cn1.[HH]. The molecule has 0 unspecified atom stereocenters. The van der Waals surface area contributed by atoms with Crippen molar-refractivity contribution in [1.82, 2.24) is 14.5 Å². The van der Waals surface area contributed by atoms with E-state index in [2.05, 4.69) is 15.3 Å². The Morgan fingerprint density at radius 1 is 1.17 bits per heavy atom. The number of carbonyl (C=O) groups is 1. The minimum absolute atomic E-state index is 0. The Morgan fingerprint density at radius 2 is 1.83 bits per heavy atom. The molecule has 1 aromatic carbocycles. The molecule has 164 valence electrons. The molecule has 5 nitrogen and oxygen atoms in total. The lowest BCUT2D eigenvalue weighted by atomic mass is 10.0. The number of nitrogens with one attached hydrogen (secondary N) is 1. The van der Waals surface area contributed by atoms with E-state index in [1.807, 2.05) is 65.2 Å². The van der Waals surface area contributed by atoms with Crippen LogP contribution in [0.5, 0.6) is 0 Å². The summed E-state index contributed by atoms with van der Waals surface area (Å²) < 4.78 is 16.6. The van der Waals surface area contributed by atoms with Gasteiger partial charge in [0.1, 0.15) is 11.3 Å². The van der Waals surface area contributed by atoms with Crippen molar-refractivity contribution in [3.63, 3.8) is 0 Å². The normalized spacial score (nSPS) is 11.0. The molecule has 0 radical (unpaired) electrons. The molecule has 0 aliphatic heterocycles. The number of amides is 1. The van der Waals surface area contributed by atoms with Gasteiger partial charge in [0.25, 0.3) is 0 Å². The van der Waals surface area contributed by atoms with Crippen LogP contribution < -0.4 is 5.32 Å². The molecule has 6 heteroatoms. The topological polar surface area (TPSA) is 59.8 Å². The van der Waals surface area contributed by atoms with E-state index in [4.69, 9.17) is 0 Å². The van der Waals surface area contributed by atoms with Gasteiger partial charge in [-0.25, -0.2) is 14.4 Å². The highest BCUT2D eigenvalue weighted by Crippen LogP contribution is 2.31. The maximum absolute atomic E-state index is 14.7. The van der Waals surface area contributed by atoms with Gasteiger partial charge in [0, 0.05) is 19.6 Å². The van der Waals surface area contributed by atoms with E-state index in [-0.39, 0.29) is 25.1 Å². The Kier molecular flexibility index (Phi) is 8.09. The molecule has 1 amide bonds. The largest absolute Gasteiger partial charge is 0.328 e. The maximum atomic E-state index is 14.7. The average Bonchev–Trinajstić information content (AvgIpc) is 3.17. The molecular weight excluding hydrogens is 379 g/mol. The Bertz CT molecular complexity index is 1010. The van der Waals surface area contributed by atoms with Crippen molar-refractivity contribution in [2.75, 3.05) is 5.32 Å². The zero-order valence-electron chi connectivity index (χ0n) is 19.1. The third-order valence-electron chi connectivity index (χ3n) is 5.21. The number of rotatable bonds is 6. The number of benzene rings is 1. The number of hydrogen-bond acceptors (Lipinski definition) is 3. The highest BCUT2D eigenvalue weighted by atomic mass is 19.1. The molecule has 0 saturated carbocycles. The molecule has 2 heterocycles. The van der Waals surface area contributed by atoms with Crippen LogP contribution in [0, 0.1) is 18.7 Å². The van der Waals surface area contributed by atoms with Crippen LogP contribution in [0.1, 0.15) is 67.4 Å². The number of pyridine rings is 1.